The first-order valence-electron chi connectivity index (χ1n) is 10.0. The fourth-order valence-corrected chi connectivity index (χ4v) is 3.64. The van der Waals surface area contributed by atoms with Crippen molar-refractivity contribution in [2.45, 2.75) is 34.1 Å². The summed E-state index contributed by atoms with van der Waals surface area (Å²) in [5, 5.41) is 4.82. The van der Waals surface area contributed by atoms with Gasteiger partial charge in [-0.25, -0.2) is 8.91 Å². The molecular formula is C23H28FN3O2. The topological polar surface area (TPSA) is 46.8 Å². The SMILES string of the molecule is CCN(CC)C(=O)Cc1c(-c2ccc(OCC[18F])cc2)nn2c(C)cc(C)cc12. The zero-order valence-electron chi connectivity index (χ0n) is 17.5. The van der Waals surface area contributed by atoms with E-state index in [1.54, 1.807) is 0 Å². The van der Waals surface area contributed by atoms with Crippen LogP contribution in [0.25, 0.3) is 16.8 Å². The number of pyridine rings is 1. The lowest BCUT2D eigenvalue weighted by Gasteiger charge is -2.18. The molecule has 0 fully saturated rings. The Labute approximate surface area is 171 Å². The number of carbonyl (C=O) groups is 1. The monoisotopic (exact) mass is 396 g/mol. The molecular weight excluding hydrogens is 368 g/mol. The van der Waals surface area contributed by atoms with Gasteiger partial charge in [-0.1, -0.05) is 0 Å². The minimum absolute atomic E-state index is 0.0375. The molecule has 3 rings (SSSR count). The number of benzene rings is 1. The maximum atomic E-state index is 12.9. The molecule has 5 nitrogen and oxygen atoms in total. The highest BCUT2D eigenvalue weighted by molar-refractivity contribution is 5.85. The number of alkyl halides is 1. The number of halogens is 1. The Hall–Kier alpha value is -2.89. The molecule has 3 aromatic rings. The van der Waals surface area contributed by atoms with Crippen molar-refractivity contribution in [3.8, 4) is 17.0 Å². The standard InChI is InChI=1S/C23H28FN3O2/c1-5-26(6-2)22(28)15-20-21-14-16(3)13-17(4)27(21)25-23(20)18-7-9-19(10-8-18)29-12-11-24/h7-10,13-14H,5-6,11-12,15H2,1-4H3/i24-1. The third-order valence-electron chi connectivity index (χ3n) is 5.08. The third-order valence-corrected chi connectivity index (χ3v) is 5.08. The van der Waals surface area contributed by atoms with Gasteiger partial charge in [-0.2, -0.15) is 5.10 Å². The van der Waals surface area contributed by atoms with Crippen LogP contribution in [0.3, 0.4) is 0 Å². The Morgan fingerprint density at radius 1 is 1.14 bits per heavy atom. The second-order valence-electron chi connectivity index (χ2n) is 7.10. The van der Waals surface area contributed by atoms with Crippen molar-refractivity contribution >= 4 is 11.4 Å². The van der Waals surface area contributed by atoms with Crippen LogP contribution >= 0.6 is 0 Å². The summed E-state index contributed by atoms with van der Waals surface area (Å²) in [6, 6.07) is 11.6. The molecule has 0 saturated heterocycles. The average molecular weight is 396 g/mol. The number of hydrogen-bond acceptors (Lipinski definition) is 3. The Morgan fingerprint density at radius 3 is 2.45 bits per heavy atom. The van der Waals surface area contributed by atoms with Gasteiger partial charge in [0.05, 0.1) is 17.6 Å². The summed E-state index contributed by atoms with van der Waals surface area (Å²) in [4.78, 5) is 14.7. The van der Waals surface area contributed by atoms with Crippen LogP contribution in [0, 0.1) is 13.8 Å². The normalized spacial score (nSPS) is 11.1. The largest absolute Gasteiger partial charge is 0.491 e. The molecule has 0 unspecified atom stereocenters. The number of likely N-dealkylation sites (N-methyl/N-ethyl adjacent to an activating group) is 1. The molecule has 1 amide bonds. The zero-order valence-corrected chi connectivity index (χ0v) is 17.5. The molecule has 0 radical (unpaired) electrons. The van der Waals surface area contributed by atoms with Crippen molar-refractivity contribution in [1.29, 1.82) is 0 Å². The lowest BCUT2D eigenvalue weighted by molar-refractivity contribution is -0.130. The summed E-state index contributed by atoms with van der Waals surface area (Å²) in [6.07, 6.45) is 0.295. The van der Waals surface area contributed by atoms with E-state index in [4.69, 9.17) is 9.84 Å². The molecule has 0 saturated carbocycles. The number of hydrogen-bond donors (Lipinski definition) is 0. The molecule has 0 N–H and O–H groups in total. The molecule has 1 aromatic carbocycles. The number of fused-ring (bicyclic) bond motifs is 1. The zero-order chi connectivity index (χ0) is 21.0. The molecule has 6 heteroatoms. The van der Waals surface area contributed by atoms with E-state index in [1.165, 1.54) is 0 Å². The van der Waals surface area contributed by atoms with Crippen LogP contribution in [0.2, 0.25) is 0 Å². The van der Waals surface area contributed by atoms with Crippen LogP contribution in [0.1, 0.15) is 30.7 Å². The predicted octanol–water partition coefficient (Wildman–Crippen LogP) is 4.38. The van der Waals surface area contributed by atoms with Gasteiger partial charge in [-0.3, -0.25) is 4.79 Å². The average Bonchev–Trinajstić information content (AvgIpc) is 3.06. The number of carbonyl (C=O) groups excluding carboxylic acids is 1. The number of aryl methyl sites for hydroxylation is 2. The maximum Gasteiger partial charge on any atom is 0.227 e. The minimum atomic E-state index is -0.523. The lowest BCUT2D eigenvalue weighted by atomic mass is 10.0. The summed E-state index contributed by atoms with van der Waals surface area (Å²) < 4.78 is 19.6. The van der Waals surface area contributed by atoms with Gasteiger partial charge in [0.15, 0.2) is 0 Å². The Kier molecular flexibility index (Phi) is 6.52. The number of aromatic nitrogens is 2. The van der Waals surface area contributed by atoms with Crippen LogP contribution in [-0.4, -0.2) is 46.8 Å². The van der Waals surface area contributed by atoms with Crippen LogP contribution < -0.4 is 4.74 Å². The quantitative estimate of drug-likeness (QED) is 0.568. The van der Waals surface area contributed by atoms with E-state index in [-0.39, 0.29) is 12.5 Å². The van der Waals surface area contributed by atoms with E-state index in [0.717, 1.165) is 33.6 Å². The van der Waals surface area contributed by atoms with Gasteiger partial charge in [0.25, 0.3) is 0 Å². The van der Waals surface area contributed by atoms with E-state index < -0.39 is 6.67 Å². The Bertz CT molecular complexity index is 992. The van der Waals surface area contributed by atoms with Crippen molar-refractivity contribution in [3.05, 3.63) is 53.2 Å². The van der Waals surface area contributed by atoms with Gasteiger partial charge in [0.2, 0.25) is 5.91 Å². The second kappa shape index (κ2) is 9.07. The van der Waals surface area contributed by atoms with Crippen LogP contribution in [0.4, 0.5) is 4.39 Å². The Balaban J connectivity index is 2.08. The fraction of sp³-hybridized carbons (Fsp3) is 0.391. The van der Waals surface area contributed by atoms with E-state index >= 15 is 0 Å². The predicted molar refractivity (Wildman–Crippen MR) is 113 cm³/mol. The summed E-state index contributed by atoms with van der Waals surface area (Å²) in [5.41, 5.74) is 5.72. The molecule has 2 heterocycles. The van der Waals surface area contributed by atoms with E-state index in [1.807, 2.05) is 61.4 Å². The first kappa shape index (κ1) is 20.8. The van der Waals surface area contributed by atoms with E-state index in [0.29, 0.717) is 25.3 Å². The lowest BCUT2D eigenvalue weighted by Crippen LogP contribution is -2.31. The number of amides is 1. The molecule has 0 atom stereocenters. The van der Waals surface area contributed by atoms with Gasteiger partial charge < -0.3 is 9.64 Å². The van der Waals surface area contributed by atoms with Crippen molar-refractivity contribution in [1.82, 2.24) is 14.5 Å². The fourth-order valence-electron chi connectivity index (χ4n) is 3.64. The molecule has 2 aromatic heterocycles. The third kappa shape index (κ3) is 4.42. The van der Waals surface area contributed by atoms with Gasteiger partial charge in [-0.15, -0.1) is 0 Å². The number of nitrogens with zero attached hydrogens (tertiary/aromatic N) is 3. The van der Waals surface area contributed by atoms with Gasteiger partial charge in [0, 0.05) is 29.9 Å². The van der Waals surface area contributed by atoms with Crippen LogP contribution in [0.5, 0.6) is 5.75 Å². The first-order chi connectivity index (χ1) is 14.0. The van der Waals surface area contributed by atoms with Gasteiger partial charge in [0.1, 0.15) is 19.0 Å². The molecule has 29 heavy (non-hydrogen) atoms. The number of rotatable bonds is 8. The van der Waals surface area contributed by atoms with Crippen molar-refractivity contribution in [2.75, 3.05) is 26.4 Å². The maximum absolute atomic E-state index is 12.9. The van der Waals surface area contributed by atoms with Crippen molar-refractivity contribution in [3.63, 3.8) is 0 Å². The highest BCUT2D eigenvalue weighted by Gasteiger charge is 2.21. The van der Waals surface area contributed by atoms with E-state index in [2.05, 4.69) is 12.1 Å². The smallest absolute Gasteiger partial charge is 0.227 e. The van der Waals surface area contributed by atoms with Gasteiger partial charge in [-0.05, 0) is 69.7 Å². The van der Waals surface area contributed by atoms with Crippen molar-refractivity contribution < 1.29 is 13.9 Å². The molecule has 0 aliphatic carbocycles. The molecule has 154 valence electrons. The second-order valence-corrected chi connectivity index (χ2v) is 7.10. The van der Waals surface area contributed by atoms with Crippen molar-refractivity contribution in [2.24, 2.45) is 0 Å². The summed E-state index contributed by atoms with van der Waals surface area (Å²) in [7, 11) is 0. The minimum Gasteiger partial charge on any atom is -0.491 e. The van der Waals surface area contributed by atoms with Crippen LogP contribution in [-0.2, 0) is 11.2 Å². The molecule has 0 aliphatic rings. The van der Waals surface area contributed by atoms with Crippen LogP contribution in [0.15, 0.2) is 36.4 Å². The summed E-state index contributed by atoms with van der Waals surface area (Å²) >= 11 is 0. The summed E-state index contributed by atoms with van der Waals surface area (Å²) in [5.74, 6) is 0.705. The van der Waals surface area contributed by atoms with Gasteiger partial charge >= 0.3 is 0 Å². The summed E-state index contributed by atoms with van der Waals surface area (Å²) in [6.45, 7) is 8.92. The molecule has 0 bridgehead atoms. The number of ether oxygens (including phenoxy) is 1. The molecule has 0 spiro atoms. The first-order valence-corrected chi connectivity index (χ1v) is 10.0. The van der Waals surface area contributed by atoms with E-state index in [9.17, 15) is 9.18 Å². The highest BCUT2D eigenvalue weighted by Crippen LogP contribution is 2.30. The molecule has 0 aliphatic heterocycles. The Morgan fingerprint density at radius 2 is 1.83 bits per heavy atom. The highest BCUT2D eigenvalue weighted by atomic mass is 18.2.